The standard InChI is InChI=1S/C17H30N4O3/c1-12(16(22)23-17(3,4)5)7-8-21-10-9-20(6)14(11-21)15-18-13(2)19-24-15/h12,14H,7-11H2,1-6H3. The molecule has 7 nitrogen and oxygen atoms in total. The molecule has 0 amide bonds. The maximum atomic E-state index is 12.1. The first kappa shape index (κ1) is 18.9. The van der Waals surface area contributed by atoms with Crippen molar-refractivity contribution in [3.63, 3.8) is 0 Å². The fraction of sp³-hybridized carbons (Fsp3) is 0.824. The molecular formula is C17H30N4O3. The summed E-state index contributed by atoms with van der Waals surface area (Å²) in [5.41, 5.74) is -0.430. The molecule has 0 aromatic carbocycles. The lowest BCUT2D eigenvalue weighted by Gasteiger charge is -2.37. The molecular weight excluding hydrogens is 308 g/mol. The fourth-order valence-corrected chi connectivity index (χ4v) is 2.74. The molecule has 2 unspecified atom stereocenters. The van der Waals surface area contributed by atoms with Crippen LogP contribution in [0.4, 0.5) is 0 Å². The number of rotatable bonds is 5. The molecule has 7 heteroatoms. The lowest BCUT2D eigenvalue weighted by atomic mass is 10.1. The molecule has 1 fully saturated rings. The Labute approximate surface area is 144 Å². The number of hydrogen-bond donors (Lipinski definition) is 0. The molecule has 1 aliphatic rings. The quantitative estimate of drug-likeness (QED) is 0.761. The smallest absolute Gasteiger partial charge is 0.309 e. The second-order valence-electron chi connectivity index (χ2n) is 7.70. The van der Waals surface area contributed by atoms with E-state index in [0.717, 1.165) is 32.6 Å². The predicted octanol–water partition coefficient (Wildman–Crippen LogP) is 2.03. The van der Waals surface area contributed by atoms with Gasteiger partial charge in [0.25, 0.3) is 0 Å². The summed E-state index contributed by atoms with van der Waals surface area (Å²) in [5, 5.41) is 3.89. The van der Waals surface area contributed by atoms with E-state index < -0.39 is 5.60 Å². The van der Waals surface area contributed by atoms with Crippen molar-refractivity contribution >= 4 is 5.97 Å². The van der Waals surface area contributed by atoms with Crippen molar-refractivity contribution < 1.29 is 14.1 Å². The third-order valence-electron chi connectivity index (χ3n) is 4.25. The molecule has 0 radical (unpaired) electrons. The normalized spacial score (nSPS) is 21.7. The molecule has 1 aromatic rings. The maximum absolute atomic E-state index is 12.1. The van der Waals surface area contributed by atoms with Gasteiger partial charge in [0.15, 0.2) is 5.82 Å². The number of likely N-dealkylation sites (N-methyl/N-ethyl adjacent to an activating group) is 1. The van der Waals surface area contributed by atoms with E-state index >= 15 is 0 Å². The zero-order valence-electron chi connectivity index (χ0n) is 15.7. The minimum atomic E-state index is -0.430. The summed E-state index contributed by atoms with van der Waals surface area (Å²) in [6, 6.07) is 0.108. The largest absolute Gasteiger partial charge is 0.460 e. The van der Waals surface area contributed by atoms with Gasteiger partial charge in [-0.15, -0.1) is 0 Å². The Bertz CT molecular complexity index is 552. The van der Waals surface area contributed by atoms with Gasteiger partial charge in [-0.25, -0.2) is 0 Å². The Hall–Kier alpha value is -1.47. The van der Waals surface area contributed by atoms with Gasteiger partial charge in [0.2, 0.25) is 5.89 Å². The van der Waals surface area contributed by atoms with E-state index in [9.17, 15) is 4.79 Å². The summed E-state index contributed by atoms with van der Waals surface area (Å²) < 4.78 is 10.8. The van der Waals surface area contributed by atoms with E-state index in [0.29, 0.717) is 11.7 Å². The van der Waals surface area contributed by atoms with Crippen LogP contribution in [-0.4, -0.2) is 64.7 Å². The van der Waals surface area contributed by atoms with Gasteiger partial charge in [0.05, 0.1) is 5.92 Å². The first-order valence-corrected chi connectivity index (χ1v) is 8.61. The third-order valence-corrected chi connectivity index (χ3v) is 4.25. The van der Waals surface area contributed by atoms with Gasteiger partial charge in [0, 0.05) is 19.6 Å². The Balaban J connectivity index is 1.86. The molecule has 0 spiro atoms. The third kappa shape index (κ3) is 5.27. The van der Waals surface area contributed by atoms with Crippen LogP contribution in [-0.2, 0) is 9.53 Å². The van der Waals surface area contributed by atoms with Crippen LogP contribution in [0.5, 0.6) is 0 Å². The minimum Gasteiger partial charge on any atom is -0.460 e. The van der Waals surface area contributed by atoms with Gasteiger partial charge in [-0.1, -0.05) is 12.1 Å². The summed E-state index contributed by atoms with van der Waals surface area (Å²) in [7, 11) is 2.07. The number of aryl methyl sites for hydroxylation is 1. The number of aromatic nitrogens is 2. The fourth-order valence-electron chi connectivity index (χ4n) is 2.74. The van der Waals surface area contributed by atoms with E-state index in [1.165, 1.54) is 0 Å². The second kappa shape index (κ2) is 7.61. The highest BCUT2D eigenvalue weighted by atomic mass is 16.6. The summed E-state index contributed by atoms with van der Waals surface area (Å²) >= 11 is 0. The van der Waals surface area contributed by atoms with Crippen LogP contribution >= 0.6 is 0 Å². The molecule has 24 heavy (non-hydrogen) atoms. The zero-order valence-corrected chi connectivity index (χ0v) is 15.7. The first-order chi connectivity index (χ1) is 11.2. The molecule has 0 aliphatic carbocycles. The lowest BCUT2D eigenvalue weighted by Crippen LogP contribution is -2.47. The molecule has 2 heterocycles. The van der Waals surface area contributed by atoms with E-state index in [-0.39, 0.29) is 17.9 Å². The molecule has 0 bridgehead atoms. The van der Waals surface area contributed by atoms with Crippen molar-refractivity contribution in [2.24, 2.45) is 5.92 Å². The Morgan fingerprint density at radius 3 is 2.71 bits per heavy atom. The van der Waals surface area contributed by atoms with E-state index in [1.54, 1.807) is 0 Å². The molecule has 2 atom stereocenters. The predicted molar refractivity (Wildman–Crippen MR) is 90.5 cm³/mol. The number of esters is 1. The number of carbonyl (C=O) groups is 1. The average Bonchev–Trinajstić information content (AvgIpc) is 2.90. The Kier molecular flexibility index (Phi) is 5.98. The monoisotopic (exact) mass is 338 g/mol. The van der Waals surface area contributed by atoms with Crippen molar-refractivity contribution in [2.45, 2.75) is 52.7 Å². The van der Waals surface area contributed by atoms with Gasteiger partial charge in [-0.05, 0) is 47.7 Å². The lowest BCUT2D eigenvalue weighted by molar-refractivity contribution is -0.159. The number of hydrogen-bond acceptors (Lipinski definition) is 7. The van der Waals surface area contributed by atoms with Gasteiger partial charge in [-0.3, -0.25) is 14.6 Å². The van der Waals surface area contributed by atoms with E-state index in [4.69, 9.17) is 9.26 Å². The van der Waals surface area contributed by atoms with Crippen molar-refractivity contribution in [3.05, 3.63) is 11.7 Å². The number of piperazine rings is 1. The Morgan fingerprint density at radius 2 is 2.12 bits per heavy atom. The van der Waals surface area contributed by atoms with Crippen molar-refractivity contribution in [3.8, 4) is 0 Å². The summed E-state index contributed by atoms with van der Waals surface area (Å²) in [6.07, 6.45) is 0.786. The van der Waals surface area contributed by atoms with Gasteiger partial charge < -0.3 is 9.26 Å². The Morgan fingerprint density at radius 1 is 1.42 bits per heavy atom. The van der Waals surface area contributed by atoms with Crippen LogP contribution in [0, 0.1) is 12.8 Å². The topological polar surface area (TPSA) is 71.7 Å². The van der Waals surface area contributed by atoms with E-state index in [2.05, 4.69) is 27.0 Å². The van der Waals surface area contributed by atoms with Crippen LogP contribution in [0.3, 0.4) is 0 Å². The van der Waals surface area contributed by atoms with Gasteiger partial charge >= 0.3 is 5.97 Å². The van der Waals surface area contributed by atoms with Crippen molar-refractivity contribution in [1.29, 1.82) is 0 Å². The van der Waals surface area contributed by atoms with Crippen LogP contribution in [0.1, 0.15) is 51.9 Å². The summed E-state index contributed by atoms with van der Waals surface area (Å²) in [6.45, 7) is 13.1. The highest BCUT2D eigenvalue weighted by Gasteiger charge is 2.30. The van der Waals surface area contributed by atoms with Crippen LogP contribution in [0.25, 0.3) is 0 Å². The molecule has 136 valence electrons. The first-order valence-electron chi connectivity index (χ1n) is 8.61. The molecule has 1 aromatic heterocycles. The van der Waals surface area contributed by atoms with Crippen LogP contribution in [0.15, 0.2) is 4.52 Å². The molecule has 0 N–H and O–H groups in total. The van der Waals surface area contributed by atoms with E-state index in [1.807, 2.05) is 34.6 Å². The maximum Gasteiger partial charge on any atom is 0.309 e. The highest BCUT2D eigenvalue weighted by Crippen LogP contribution is 2.23. The molecule has 1 saturated heterocycles. The summed E-state index contributed by atoms with van der Waals surface area (Å²) in [5.74, 6) is 1.10. The van der Waals surface area contributed by atoms with Gasteiger partial charge in [0.1, 0.15) is 11.6 Å². The minimum absolute atomic E-state index is 0.104. The number of ether oxygens (including phenoxy) is 1. The number of nitrogens with zero attached hydrogens (tertiary/aromatic N) is 4. The molecule has 0 saturated carbocycles. The molecule has 2 rings (SSSR count). The van der Waals surface area contributed by atoms with Gasteiger partial charge in [-0.2, -0.15) is 4.98 Å². The van der Waals surface area contributed by atoms with Crippen molar-refractivity contribution in [1.82, 2.24) is 19.9 Å². The SMILES string of the molecule is Cc1noc(C2CN(CCC(C)C(=O)OC(C)(C)C)CCN2C)n1. The van der Waals surface area contributed by atoms with Crippen LogP contribution in [0.2, 0.25) is 0 Å². The van der Waals surface area contributed by atoms with Crippen LogP contribution < -0.4 is 0 Å². The highest BCUT2D eigenvalue weighted by molar-refractivity contribution is 5.72. The zero-order chi connectivity index (χ0) is 17.9. The summed E-state index contributed by atoms with van der Waals surface area (Å²) in [4.78, 5) is 21.0. The van der Waals surface area contributed by atoms with Crippen molar-refractivity contribution in [2.75, 3.05) is 33.2 Å². The second-order valence-corrected chi connectivity index (χ2v) is 7.70. The number of carbonyl (C=O) groups excluding carboxylic acids is 1. The average molecular weight is 338 g/mol. The molecule has 1 aliphatic heterocycles.